The molecule has 0 bridgehead atoms. The van der Waals surface area contributed by atoms with Crippen molar-refractivity contribution in [3.8, 4) is 22.7 Å². The van der Waals surface area contributed by atoms with E-state index < -0.39 is 11.1 Å². The van der Waals surface area contributed by atoms with Gasteiger partial charge in [0.15, 0.2) is 0 Å². The molecule has 10 rings (SSSR count). The number of rotatable bonds is 4. The smallest absolute Gasteiger partial charge is 0.309 e. The molecule has 10 aromatic rings. The van der Waals surface area contributed by atoms with Crippen LogP contribution in [0, 0.1) is 0 Å². The first-order valence-electron chi connectivity index (χ1n) is 16.6. The van der Waals surface area contributed by atoms with Crippen LogP contribution in [0.3, 0.4) is 0 Å². The second-order valence-electron chi connectivity index (χ2n) is 12.5. The molecule has 0 amide bonds. The molecule has 7 aromatic carbocycles. The van der Waals surface area contributed by atoms with Crippen LogP contribution in [0.4, 0.5) is 0 Å². The zero-order valence-electron chi connectivity index (χ0n) is 26.8. The molecule has 0 aliphatic heterocycles. The third-order valence-corrected chi connectivity index (χ3v) is 9.81. The van der Waals surface area contributed by atoms with Gasteiger partial charge in [0.1, 0.15) is 0 Å². The average molecular weight is 645 g/mol. The zero-order chi connectivity index (χ0) is 33.3. The molecule has 3 heterocycles. The Bertz CT molecular complexity index is 2870. The summed E-state index contributed by atoms with van der Waals surface area (Å²) in [6.45, 7) is 0. The van der Waals surface area contributed by atoms with Crippen LogP contribution in [0.25, 0.3) is 77.4 Å². The lowest BCUT2D eigenvalue weighted by molar-refractivity contribution is 0.920. The van der Waals surface area contributed by atoms with Crippen molar-refractivity contribution in [2.75, 3.05) is 0 Å². The summed E-state index contributed by atoms with van der Waals surface area (Å²) in [6.07, 6.45) is 0. The fourth-order valence-electron chi connectivity index (χ4n) is 7.68. The molecular weight excluding hydrogens is 617 g/mol. The molecule has 0 fully saturated rings. The minimum atomic E-state index is -0.610. The average Bonchev–Trinajstić information content (AvgIpc) is 3.68. The predicted molar refractivity (Wildman–Crippen MR) is 204 cm³/mol. The highest BCUT2D eigenvalue weighted by atomic mass is 16.2. The maximum Gasteiger partial charge on any atom is 0.321 e. The highest BCUT2D eigenvalue weighted by Crippen LogP contribution is 2.35. The van der Waals surface area contributed by atoms with Crippen molar-refractivity contribution in [3.63, 3.8) is 0 Å². The van der Waals surface area contributed by atoms with E-state index in [1.54, 1.807) is 9.13 Å². The molecule has 3 aromatic heterocycles. The molecule has 0 aliphatic carbocycles. The number of aromatic nitrogens is 4. The SMILES string of the molecule is O=c1c(=O)n(-c2ccc3c(c2)c2ccccc2n3-c2ccccc2)c2ccccc2n1-c1ccc2c(c1)c1ccccc1n2-c1ccccc1. The van der Waals surface area contributed by atoms with Crippen LogP contribution < -0.4 is 11.1 Å². The van der Waals surface area contributed by atoms with Gasteiger partial charge in [-0.1, -0.05) is 84.9 Å². The molecule has 6 heteroatoms. The van der Waals surface area contributed by atoms with Crippen molar-refractivity contribution < 1.29 is 0 Å². The van der Waals surface area contributed by atoms with E-state index in [2.05, 4.69) is 57.7 Å². The Morgan fingerprint density at radius 2 is 0.600 bits per heavy atom. The van der Waals surface area contributed by atoms with Gasteiger partial charge in [0.25, 0.3) is 0 Å². The molecule has 0 radical (unpaired) electrons. The minimum absolute atomic E-state index is 0.610. The van der Waals surface area contributed by atoms with Crippen molar-refractivity contribution >= 4 is 54.6 Å². The van der Waals surface area contributed by atoms with Crippen molar-refractivity contribution in [3.05, 3.63) is 191 Å². The molecule has 0 saturated carbocycles. The summed E-state index contributed by atoms with van der Waals surface area (Å²) in [7, 11) is 0. The van der Waals surface area contributed by atoms with Crippen molar-refractivity contribution in [1.29, 1.82) is 0 Å². The second kappa shape index (κ2) is 10.8. The van der Waals surface area contributed by atoms with Gasteiger partial charge in [0.2, 0.25) is 0 Å². The maximum absolute atomic E-state index is 14.3. The summed E-state index contributed by atoms with van der Waals surface area (Å²) in [6, 6.07) is 56.7. The van der Waals surface area contributed by atoms with E-state index in [9.17, 15) is 9.59 Å². The lowest BCUT2D eigenvalue weighted by atomic mass is 10.1. The quantitative estimate of drug-likeness (QED) is 0.179. The fourth-order valence-corrected chi connectivity index (χ4v) is 7.68. The first kappa shape index (κ1) is 28.1. The van der Waals surface area contributed by atoms with Crippen LogP contribution in [0.1, 0.15) is 0 Å². The van der Waals surface area contributed by atoms with Crippen LogP contribution in [0.15, 0.2) is 179 Å². The molecule has 0 atom stereocenters. The molecule has 0 saturated heterocycles. The Labute approximate surface area is 285 Å². The Morgan fingerprint density at radius 3 is 1.02 bits per heavy atom. The molecule has 50 heavy (non-hydrogen) atoms. The molecule has 236 valence electrons. The Hall–Kier alpha value is -6.92. The zero-order valence-corrected chi connectivity index (χ0v) is 26.8. The van der Waals surface area contributed by atoms with E-state index in [4.69, 9.17) is 0 Å². The maximum atomic E-state index is 14.3. The minimum Gasteiger partial charge on any atom is -0.309 e. The standard InChI is InChI=1S/C44H28N4O2/c49-43-44(50)48(32-24-26-40-36(28-32)34-18-8-10-20-38(34)46(40)30-15-5-2-6-16-30)42-22-12-11-21-41(42)47(43)31-23-25-39-35(27-31)33-17-7-9-19-37(33)45(39)29-13-3-1-4-14-29/h1-28H. The van der Waals surface area contributed by atoms with Crippen LogP contribution in [-0.4, -0.2) is 18.3 Å². The fraction of sp³-hybridized carbons (Fsp3) is 0. The molecular formula is C44H28N4O2. The number of nitrogens with zero attached hydrogens (tertiary/aromatic N) is 4. The van der Waals surface area contributed by atoms with Gasteiger partial charge in [0, 0.05) is 32.9 Å². The topological polar surface area (TPSA) is 53.9 Å². The highest BCUT2D eigenvalue weighted by Gasteiger charge is 2.20. The molecule has 0 N–H and O–H groups in total. The third kappa shape index (κ3) is 4.02. The lowest BCUT2D eigenvalue weighted by Gasteiger charge is -2.16. The Kier molecular flexibility index (Phi) is 6.08. The second-order valence-corrected chi connectivity index (χ2v) is 12.5. The van der Waals surface area contributed by atoms with E-state index in [-0.39, 0.29) is 0 Å². The van der Waals surface area contributed by atoms with Gasteiger partial charge >= 0.3 is 11.1 Å². The van der Waals surface area contributed by atoms with E-state index in [0.717, 1.165) is 55.0 Å². The van der Waals surface area contributed by atoms with E-state index in [0.29, 0.717) is 22.4 Å². The number of hydrogen-bond acceptors (Lipinski definition) is 2. The van der Waals surface area contributed by atoms with E-state index in [1.807, 2.05) is 121 Å². The van der Waals surface area contributed by atoms with Crippen LogP contribution in [-0.2, 0) is 0 Å². The number of para-hydroxylation sites is 6. The van der Waals surface area contributed by atoms with Crippen molar-refractivity contribution in [2.24, 2.45) is 0 Å². The van der Waals surface area contributed by atoms with Gasteiger partial charge in [-0.2, -0.15) is 0 Å². The van der Waals surface area contributed by atoms with E-state index in [1.165, 1.54) is 0 Å². The lowest BCUT2D eigenvalue weighted by Crippen LogP contribution is -2.40. The normalized spacial score (nSPS) is 11.8. The first-order chi connectivity index (χ1) is 24.7. The Balaban J connectivity index is 1.21. The molecule has 6 nitrogen and oxygen atoms in total. The monoisotopic (exact) mass is 644 g/mol. The summed E-state index contributed by atoms with van der Waals surface area (Å²) in [5.41, 5.74) is 7.66. The predicted octanol–water partition coefficient (Wildman–Crippen LogP) is 9.34. The Morgan fingerprint density at radius 1 is 0.260 bits per heavy atom. The molecule has 0 spiro atoms. The van der Waals surface area contributed by atoms with E-state index >= 15 is 0 Å². The van der Waals surface area contributed by atoms with Crippen LogP contribution >= 0.6 is 0 Å². The summed E-state index contributed by atoms with van der Waals surface area (Å²) in [5.74, 6) is 0. The largest absolute Gasteiger partial charge is 0.321 e. The van der Waals surface area contributed by atoms with Crippen molar-refractivity contribution in [2.45, 2.75) is 0 Å². The summed E-state index contributed by atoms with van der Waals surface area (Å²) in [5, 5.41) is 4.15. The summed E-state index contributed by atoms with van der Waals surface area (Å²) in [4.78, 5) is 28.6. The molecule has 0 unspecified atom stereocenters. The van der Waals surface area contributed by atoms with Gasteiger partial charge in [0.05, 0.1) is 44.5 Å². The van der Waals surface area contributed by atoms with Gasteiger partial charge in [-0.3, -0.25) is 18.7 Å². The number of benzene rings is 7. The van der Waals surface area contributed by atoms with Gasteiger partial charge < -0.3 is 9.13 Å². The number of fused-ring (bicyclic) bond motifs is 7. The number of hydrogen-bond donors (Lipinski definition) is 0. The molecule has 0 aliphatic rings. The van der Waals surface area contributed by atoms with Gasteiger partial charge in [-0.15, -0.1) is 0 Å². The van der Waals surface area contributed by atoms with Gasteiger partial charge in [-0.25, -0.2) is 0 Å². The van der Waals surface area contributed by atoms with Gasteiger partial charge in [-0.05, 0) is 84.9 Å². The first-order valence-corrected chi connectivity index (χ1v) is 16.6. The van der Waals surface area contributed by atoms with Crippen LogP contribution in [0.5, 0.6) is 0 Å². The highest BCUT2D eigenvalue weighted by molar-refractivity contribution is 6.11. The van der Waals surface area contributed by atoms with Crippen LogP contribution in [0.2, 0.25) is 0 Å². The third-order valence-electron chi connectivity index (χ3n) is 9.81. The summed E-state index contributed by atoms with van der Waals surface area (Å²) >= 11 is 0. The van der Waals surface area contributed by atoms with Crippen molar-refractivity contribution in [1.82, 2.24) is 18.3 Å². The summed E-state index contributed by atoms with van der Waals surface area (Å²) < 4.78 is 7.58.